The van der Waals surface area contributed by atoms with Gasteiger partial charge in [-0.2, -0.15) is 0 Å². The Morgan fingerprint density at radius 2 is 2.50 bits per heavy atom. The number of hydrogen-bond donors (Lipinski definition) is 1. The molecule has 0 bridgehead atoms. The van der Waals surface area contributed by atoms with Gasteiger partial charge in [0.25, 0.3) is 0 Å². The molecule has 3 nitrogen and oxygen atoms in total. The van der Waals surface area contributed by atoms with Gasteiger partial charge in [0, 0.05) is 5.57 Å². The quantitative estimate of drug-likeness (QED) is 0.645. The van der Waals surface area contributed by atoms with E-state index in [1.54, 1.807) is 0 Å². The van der Waals surface area contributed by atoms with Crippen LogP contribution in [0.2, 0.25) is 0 Å². The fourth-order valence-corrected chi connectivity index (χ4v) is 1.22. The van der Waals surface area contributed by atoms with Gasteiger partial charge in [-0.25, -0.2) is 0 Å². The number of aliphatic hydroxyl groups is 1. The summed E-state index contributed by atoms with van der Waals surface area (Å²) in [6.45, 7) is 5.00. The molecule has 0 aromatic rings. The zero-order valence-electron chi connectivity index (χ0n) is 7.67. The minimum absolute atomic E-state index is 0.0400. The highest BCUT2D eigenvalue weighted by Gasteiger charge is 2.39. The Morgan fingerprint density at radius 3 is 2.92 bits per heavy atom. The van der Waals surface area contributed by atoms with E-state index in [4.69, 9.17) is 14.6 Å². The molecule has 0 spiro atoms. The van der Waals surface area contributed by atoms with Crippen molar-refractivity contribution in [2.75, 3.05) is 19.8 Å². The Kier molecular flexibility index (Phi) is 3.26. The van der Waals surface area contributed by atoms with Gasteiger partial charge >= 0.3 is 0 Å². The molecule has 0 aromatic heterocycles. The monoisotopic (exact) mass is 172 g/mol. The molecule has 70 valence electrons. The maximum Gasteiger partial charge on any atom is 0.190 e. The fourth-order valence-electron chi connectivity index (χ4n) is 1.22. The normalized spacial score (nSPS) is 32.1. The van der Waals surface area contributed by atoms with Gasteiger partial charge in [0.15, 0.2) is 5.79 Å². The molecule has 1 saturated heterocycles. The molecule has 1 atom stereocenters. The summed E-state index contributed by atoms with van der Waals surface area (Å²) in [7, 11) is 0. The van der Waals surface area contributed by atoms with Crippen molar-refractivity contribution in [3.63, 3.8) is 0 Å². The molecule has 3 heteroatoms. The van der Waals surface area contributed by atoms with Crippen molar-refractivity contribution < 1.29 is 14.6 Å². The molecular formula is C9H16O3. The first-order chi connectivity index (χ1) is 5.73. The third-order valence-electron chi connectivity index (χ3n) is 2.01. The summed E-state index contributed by atoms with van der Waals surface area (Å²) < 4.78 is 10.6. The maximum absolute atomic E-state index is 8.57. The van der Waals surface area contributed by atoms with Crippen LogP contribution in [0.3, 0.4) is 0 Å². The molecule has 0 saturated carbocycles. The SMILES string of the molecule is CCC=C1COC1(C)OCCO. The summed E-state index contributed by atoms with van der Waals surface area (Å²) in [4.78, 5) is 0. The van der Waals surface area contributed by atoms with Crippen LogP contribution in [-0.2, 0) is 9.47 Å². The van der Waals surface area contributed by atoms with Crippen molar-refractivity contribution in [2.45, 2.75) is 26.1 Å². The number of ether oxygens (including phenoxy) is 2. The predicted molar refractivity (Wildman–Crippen MR) is 45.8 cm³/mol. The maximum atomic E-state index is 8.57. The van der Waals surface area contributed by atoms with Gasteiger partial charge in [-0.15, -0.1) is 0 Å². The van der Waals surface area contributed by atoms with Crippen LogP contribution in [0, 0.1) is 0 Å². The molecule has 1 N–H and O–H groups in total. The van der Waals surface area contributed by atoms with E-state index in [9.17, 15) is 0 Å². The lowest BCUT2D eigenvalue weighted by Crippen LogP contribution is -2.46. The van der Waals surface area contributed by atoms with Gasteiger partial charge in [-0.1, -0.05) is 13.0 Å². The zero-order chi connectivity index (χ0) is 9.03. The summed E-state index contributed by atoms with van der Waals surface area (Å²) in [6, 6.07) is 0. The molecule has 12 heavy (non-hydrogen) atoms. The van der Waals surface area contributed by atoms with Crippen molar-refractivity contribution in [1.29, 1.82) is 0 Å². The van der Waals surface area contributed by atoms with Gasteiger partial charge in [0.1, 0.15) is 0 Å². The highest BCUT2D eigenvalue weighted by molar-refractivity contribution is 5.19. The lowest BCUT2D eigenvalue weighted by atomic mass is 10.0. The van der Waals surface area contributed by atoms with Crippen LogP contribution in [0.1, 0.15) is 20.3 Å². The van der Waals surface area contributed by atoms with Gasteiger partial charge in [0.05, 0.1) is 19.8 Å². The van der Waals surface area contributed by atoms with E-state index in [1.807, 2.05) is 6.92 Å². The minimum atomic E-state index is -0.557. The second kappa shape index (κ2) is 4.03. The molecule has 0 radical (unpaired) electrons. The van der Waals surface area contributed by atoms with Crippen LogP contribution in [0.5, 0.6) is 0 Å². The second-order valence-electron chi connectivity index (χ2n) is 2.94. The lowest BCUT2D eigenvalue weighted by molar-refractivity contribution is -0.250. The van der Waals surface area contributed by atoms with E-state index in [-0.39, 0.29) is 6.61 Å². The smallest absolute Gasteiger partial charge is 0.190 e. The first-order valence-electron chi connectivity index (χ1n) is 4.31. The van der Waals surface area contributed by atoms with Gasteiger partial charge in [-0.05, 0) is 13.3 Å². The van der Waals surface area contributed by atoms with Crippen LogP contribution < -0.4 is 0 Å². The molecule has 0 aromatic carbocycles. The first kappa shape index (κ1) is 9.71. The Labute approximate surface area is 73.0 Å². The Hall–Kier alpha value is -0.380. The minimum Gasteiger partial charge on any atom is -0.394 e. The Balaban J connectivity index is 2.43. The Morgan fingerprint density at radius 1 is 1.75 bits per heavy atom. The number of aliphatic hydroxyl groups excluding tert-OH is 1. The van der Waals surface area contributed by atoms with Crippen LogP contribution >= 0.6 is 0 Å². The highest BCUT2D eigenvalue weighted by Crippen LogP contribution is 2.33. The van der Waals surface area contributed by atoms with Crippen molar-refractivity contribution in [1.82, 2.24) is 0 Å². The summed E-state index contributed by atoms with van der Waals surface area (Å²) >= 11 is 0. The second-order valence-corrected chi connectivity index (χ2v) is 2.94. The summed E-state index contributed by atoms with van der Waals surface area (Å²) in [5, 5.41) is 8.57. The molecular weight excluding hydrogens is 156 g/mol. The largest absolute Gasteiger partial charge is 0.394 e. The molecule has 1 aliphatic rings. The molecule has 1 unspecified atom stereocenters. The molecule has 1 rings (SSSR count). The number of rotatable bonds is 4. The van der Waals surface area contributed by atoms with Gasteiger partial charge in [-0.3, -0.25) is 0 Å². The molecule has 0 amide bonds. The van der Waals surface area contributed by atoms with E-state index in [0.717, 1.165) is 6.42 Å². The van der Waals surface area contributed by atoms with Crippen LogP contribution in [0.4, 0.5) is 0 Å². The zero-order valence-corrected chi connectivity index (χ0v) is 7.67. The van der Waals surface area contributed by atoms with E-state index >= 15 is 0 Å². The van der Waals surface area contributed by atoms with Crippen molar-refractivity contribution >= 4 is 0 Å². The predicted octanol–water partition coefficient (Wildman–Crippen LogP) is 1.08. The third-order valence-corrected chi connectivity index (χ3v) is 2.01. The summed E-state index contributed by atoms with van der Waals surface area (Å²) in [5.74, 6) is -0.557. The average Bonchev–Trinajstić information content (AvgIpc) is 2.08. The molecule has 1 heterocycles. The van der Waals surface area contributed by atoms with E-state index in [2.05, 4.69) is 13.0 Å². The van der Waals surface area contributed by atoms with Crippen molar-refractivity contribution in [2.24, 2.45) is 0 Å². The number of allylic oxidation sites excluding steroid dienone is 1. The average molecular weight is 172 g/mol. The fraction of sp³-hybridized carbons (Fsp3) is 0.778. The first-order valence-corrected chi connectivity index (χ1v) is 4.31. The van der Waals surface area contributed by atoms with Crippen LogP contribution in [0.25, 0.3) is 0 Å². The molecule has 0 aliphatic carbocycles. The third kappa shape index (κ3) is 1.86. The van der Waals surface area contributed by atoms with E-state index in [0.29, 0.717) is 13.2 Å². The highest BCUT2D eigenvalue weighted by atomic mass is 16.7. The standard InChI is InChI=1S/C9H16O3/c1-3-4-8-7-12-9(8,2)11-6-5-10/h4,10H,3,5-7H2,1-2H3. The van der Waals surface area contributed by atoms with E-state index in [1.165, 1.54) is 5.57 Å². The molecule has 1 aliphatic heterocycles. The van der Waals surface area contributed by atoms with Crippen LogP contribution in [0.15, 0.2) is 11.6 Å². The van der Waals surface area contributed by atoms with Gasteiger partial charge < -0.3 is 14.6 Å². The van der Waals surface area contributed by atoms with Crippen molar-refractivity contribution in [3.05, 3.63) is 11.6 Å². The van der Waals surface area contributed by atoms with Crippen LogP contribution in [-0.4, -0.2) is 30.7 Å². The number of hydrogen-bond acceptors (Lipinski definition) is 3. The van der Waals surface area contributed by atoms with Crippen molar-refractivity contribution in [3.8, 4) is 0 Å². The van der Waals surface area contributed by atoms with Gasteiger partial charge in [0.2, 0.25) is 0 Å². The summed E-state index contributed by atoms with van der Waals surface area (Å²) in [6.07, 6.45) is 3.11. The summed E-state index contributed by atoms with van der Waals surface area (Å²) in [5.41, 5.74) is 1.18. The van der Waals surface area contributed by atoms with E-state index < -0.39 is 5.79 Å². The lowest BCUT2D eigenvalue weighted by Gasteiger charge is -2.41. The molecule has 1 fully saturated rings. The topological polar surface area (TPSA) is 38.7 Å². The Bertz CT molecular complexity index is 177.